The highest BCUT2D eigenvalue weighted by Gasteiger charge is 2.20. The molecule has 4 nitrogen and oxygen atoms in total. The Morgan fingerprint density at radius 2 is 2.43 bits per heavy atom. The Balaban J connectivity index is 2.30. The topological polar surface area (TPSA) is 52.6 Å². The van der Waals surface area contributed by atoms with Gasteiger partial charge in [-0.15, -0.1) is 0 Å². The summed E-state index contributed by atoms with van der Waals surface area (Å²) in [5.74, 6) is 0.517. The van der Waals surface area contributed by atoms with Crippen molar-refractivity contribution in [2.75, 3.05) is 26.2 Å². The predicted octanol–water partition coefficient (Wildman–Crippen LogP) is 1.38. The van der Waals surface area contributed by atoms with Crippen LogP contribution in [0, 0.1) is 5.92 Å². The SMILES string of the molecule is CCCCN(CC1CCNC1)C(=O)O. The summed E-state index contributed by atoms with van der Waals surface area (Å²) in [5.41, 5.74) is 0. The van der Waals surface area contributed by atoms with E-state index in [4.69, 9.17) is 5.11 Å². The van der Waals surface area contributed by atoms with Gasteiger partial charge >= 0.3 is 6.09 Å². The van der Waals surface area contributed by atoms with Crippen molar-refractivity contribution in [1.82, 2.24) is 10.2 Å². The first kappa shape index (κ1) is 11.3. The Kier molecular flexibility index (Phi) is 4.73. The normalized spacial score (nSPS) is 21.1. The molecule has 1 fully saturated rings. The summed E-state index contributed by atoms with van der Waals surface area (Å²) >= 11 is 0. The number of nitrogens with zero attached hydrogens (tertiary/aromatic N) is 1. The molecular formula is C10H20N2O2. The van der Waals surface area contributed by atoms with Crippen molar-refractivity contribution in [1.29, 1.82) is 0 Å². The summed E-state index contributed by atoms with van der Waals surface area (Å²) in [6.07, 6.45) is 2.35. The van der Waals surface area contributed by atoms with Crippen molar-refractivity contribution in [3.05, 3.63) is 0 Å². The van der Waals surface area contributed by atoms with Gasteiger partial charge in [0.05, 0.1) is 0 Å². The van der Waals surface area contributed by atoms with Gasteiger partial charge in [-0.3, -0.25) is 0 Å². The van der Waals surface area contributed by atoms with E-state index in [0.717, 1.165) is 32.4 Å². The molecule has 0 radical (unpaired) electrons. The molecule has 14 heavy (non-hydrogen) atoms. The third kappa shape index (κ3) is 3.54. The summed E-state index contributed by atoms with van der Waals surface area (Å²) in [4.78, 5) is 12.5. The summed E-state index contributed by atoms with van der Waals surface area (Å²) < 4.78 is 0. The fourth-order valence-electron chi connectivity index (χ4n) is 1.80. The zero-order valence-electron chi connectivity index (χ0n) is 8.83. The van der Waals surface area contributed by atoms with Crippen LogP contribution in [-0.2, 0) is 0 Å². The van der Waals surface area contributed by atoms with Crippen LogP contribution >= 0.6 is 0 Å². The van der Waals surface area contributed by atoms with Crippen molar-refractivity contribution in [3.8, 4) is 0 Å². The summed E-state index contributed by atoms with van der Waals surface area (Å²) in [7, 11) is 0. The van der Waals surface area contributed by atoms with Crippen LogP contribution in [0.5, 0.6) is 0 Å². The van der Waals surface area contributed by atoms with Crippen LogP contribution in [0.4, 0.5) is 4.79 Å². The van der Waals surface area contributed by atoms with Crippen molar-refractivity contribution in [2.24, 2.45) is 5.92 Å². The molecule has 1 unspecified atom stereocenters. The second-order valence-electron chi connectivity index (χ2n) is 3.94. The van der Waals surface area contributed by atoms with Gasteiger partial charge in [0.2, 0.25) is 0 Å². The van der Waals surface area contributed by atoms with Gasteiger partial charge < -0.3 is 15.3 Å². The van der Waals surface area contributed by atoms with E-state index in [9.17, 15) is 4.79 Å². The minimum Gasteiger partial charge on any atom is -0.465 e. The van der Waals surface area contributed by atoms with Crippen LogP contribution in [0.2, 0.25) is 0 Å². The smallest absolute Gasteiger partial charge is 0.407 e. The summed E-state index contributed by atoms with van der Waals surface area (Å²) in [6, 6.07) is 0. The average Bonchev–Trinajstić information content (AvgIpc) is 2.64. The van der Waals surface area contributed by atoms with Gasteiger partial charge in [0.15, 0.2) is 0 Å². The van der Waals surface area contributed by atoms with Gasteiger partial charge in [-0.05, 0) is 31.8 Å². The number of amides is 1. The molecule has 0 bridgehead atoms. The zero-order valence-corrected chi connectivity index (χ0v) is 8.83. The van der Waals surface area contributed by atoms with E-state index in [1.807, 2.05) is 0 Å². The first-order chi connectivity index (χ1) is 6.74. The van der Waals surface area contributed by atoms with Gasteiger partial charge in [-0.2, -0.15) is 0 Å². The first-order valence-corrected chi connectivity index (χ1v) is 5.42. The van der Waals surface area contributed by atoms with Crippen LogP contribution < -0.4 is 5.32 Å². The van der Waals surface area contributed by atoms with Gasteiger partial charge in [0, 0.05) is 13.1 Å². The number of nitrogens with one attached hydrogen (secondary N) is 1. The number of rotatable bonds is 5. The monoisotopic (exact) mass is 200 g/mol. The molecule has 1 aliphatic rings. The standard InChI is InChI=1S/C10H20N2O2/c1-2-3-6-12(10(13)14)8-9-4-5-11-7-9/h9,11H,2-8H2,1H3,(H,13,14). The lowest BCUT2D eigenvalue weighted by atomic mass is 10.1. The number of carboxylic acid groups (broad SMARTS) is 1. The highest BCUT2D eigenvalue weighted by molar-refractivity contribution is 5.64. The van der Waals surface area contributed by atoms with E-state index in [0.29, 0.717) is 19.0 Å². The van der Waals surface area contributed by atoms with Crippen molar-refractivity contribution >= 4 is 6.09 Å². The summed E-state index contributed by atoms with van der Waals surface area (Å²) in [5, 5.41) is 12.2. The molecule has 1 rings (SSSR count). The molecule has 0 aromatic carbocycles. The van der Waals surface area contributed by atoms with E-state index in [2.05, 4.69) is 12.2 Å². The predicted molar refractivity (Wildman–Crippen MR) is 55.5 cm³/mol. The van der Waals surface area contributed by atoms with Gasteiger partial charge in [-0.1, -0.05) is 13.3 Å². The van der Waals surface area contributed by atoms with E-state index in [1.54, 1.807) is 4.90 Å². The molecule has 1 heterocycles. The molecule has 1 atom stereocenters. The van der Waals surface area contributed by atoms with Gasteiger partial charge in [-0.25, -0.2) is 4.79 Å². The largest absolute Gasteiger partial charge is 0.465 e. The summed E-state index contributed by atoms with van der Waals surface area (Å²) in [6.45, 7) is 5.46. The number of unbranched alkanes of at least 4 members (excludes halogenated alkanes) is 1. The highest BCUT2D eigenvalue weighted by Crippen LogP contribution is 2.10. The number of hydrogen-bond acceptors (Lipinski definition) is 2. The molecule has 1 saturated heterocycles. The third-order valence-corrected chi connectivity index (χ3v) is 2.69. The van der Waals surface area contributed by atoms with Crippen LogP contribution in [-0.4, -0.2) is 42.3 Å². The van der Waals surface area contributed by atoms with Crippen LogP contribution in [0.25, 0.3) is 0 Å². The van der Waals surface area contributed by atoms with Gasteiger partial charge in [0.25, 0.3) is 0 Å². The van der Waals surface area contributed by atoms with Gasteiger partial charge in [0.1, 0.15) is 0 Å². The molecule has 0 saturated carbocycles. The maximum absolute atomic E-state index is 10.9. The molecule has 0 aromatic rings. The molecule has 1 amide bonds. The maximum Gasteiger partial charge on any atom is 0.407 e. The van der Waals surface area contributed by atoms with Crippen LogP contribution in [0.3, 0.4) is 0 Å². The Labute approximate surface area is 85.3 Å². The van der Waals surface area contributed by atoms with Crippen LogP contribution in [0.1, 0.15) is 26.2 Å². The lowest BCUT2D eigenvalue weighted by Crippen LogP contribution is -2.35. The Morgan fingerprint density at radius 1 is 1.64 bits per heavy atom. The molecule has 0 spiro atoms. The lowest BCUT2D eigenvalue weighted by molar-refractivity contribution is 0.137. The first-order valence-electron chi connectivity index (χ1n) is 5.42. The molecule has 82 valence electrons. The van der Waals surface area contributed by atoms with E-state index in [-0.39, 0.29) is 0 Å². The zero-order chi connectivity index (χ0) is 10.4. The van der Waals surface area contributed by atoms with Crippen molar-refractivity contribution in [2.45, 2.75) is 26.2 Å². The van der Waals surface area contributed by atoms with E-state index < -0.39 is 6.09 Å². The molecule has 2 N–H and O–H groups in total. The number of carbonyl (C=O) groups is 1. The second kappa shape index (κ2) is 5.86. The molecule has 4 heteroatoms. The second-order valence-corrected chi connectivity index (χ2v) is 3.94. The quantitative estimate of drug-likeness (QED) is 0.705. The molecule has 1 aliphatic heterocycles. The molecule has 0 aromatic heterocycles. The fraction of sp³-hybridized carbons (Fsp3) is 0.900. The Morgan fingerprint density at radius 3 is 2.93 bits per heavy atom. The van der Waals surface area contributed by atoms with Crippen molar-refractivity contribution < 1.29 is 9.90 Å². The van der Waals surface area contributed by atoms with E-state index >= 15 is 0 Å². The minimum absolute atomic E-state index is 0.517. The maximum atomic E-state index is 10.9. The molecule has 0 aliphatic carbocycles. The minimum atomic E-state index is -0.773. The average molecular weight is 200 g/mol. The number of hydrogen-bond donors (Lipinski definition) is 2. The van der Waals surface area contributed by atoms with E-state index in [1.165, 1.54) is 0 Å². The van der Waals surface area contributed by atoms with Crippen molar-refractivity contribution in [3.63, 3.8) is 0 Å². The lowest BCUT2D eigenvalue weighted by Gasteiger charge is -2.22. The fourth-order valence-corrected chi connectivity index (χ4v) is 1.80. The molecular weight excluding hydrogens is 180 g/mol. The van der Waals surface area contributed by atoms with Crippen LogP contribution in [0.15, 0.2) is 0 Å². The third-order valence-electron chi connectivity index (χ3n) is 2.69. The Hall–Kier alpha value is -0.770. The highest BCUT2D eigenvalue weighted by atomic mass is 16.4. The Bertz CT molecular complexity index is 179.